The Balaban J connectivity index is 1.68. The van der Waals surface area contributed by atoms with Gasteiger partial charge in [0.15, 0.2) is 5.75 Å². The minimum absolute atomic E-state index is 0.0109. The number of rotatable bonds is 14. The van der Waals surface area contributed by atoms with Gasteiger partial charge < -0.3 is 23.8 Å². The maximum Gasteiger partial charge on any atom is 0.573 e. The number of esters is 1. The zero-order chi connectivity index (χ0) is 39.0. The molecule has 3 aromatic carbocycles. The number of nitrogens with zero attached hydrogens (tertiary/aromatic N) is 3. The standard InChI is InChI=1S/C36H34F9N3O5/c1-33(2,3)53-31(49)10-7-13-50-29-18-46-32(47-19-29)48(20-24-14-26(34(37,38)39)17-27(15-24)35(40,41)42)21-25-16-28(52-36(43,44)45)11-12-30(25)51-22-23-8-5-4-6-9-23/h4-6,8-9,11-12,14-19H,7,10,13,20-22H2,1-3H3. The van der Waals surface area contributed by atoms with Gasteiger partial charge in [-0.05, 0) is 74.7 Å². The van der Waals surface area contributed by atoms with E-state index in [-0.39, 0.29) is 55.1 Å². The van der Waals surface area contributed by atoms with Crippen LogP contribution in [0.4, 0.5) is 45.5 Å². The lowest BCUT2D eigenvalue weighted by Gasteiger charge is -2.25. The molecule has 8 nitrogen and oxygen atoms in total. The molecule has 0 atom stereocenters. The number of alkyl halides is 9. The molecule has 4 aromatic rings. The summed E-state index contributed by atoms with van der Waals surface area (Å²) in [5, 5.41) is 0. The van der Waals surface area contributed by atoms with Crippen LogP contribution in [-0.2, 0) is 41.6 Å². The van der Waals surface area contributed by atoms with Gasteiger partial charge in [-0.25, -0.2) is 9.97 Å². The van der Waals surface area contributed by atoms with Crippen LogP contribution >= 0.6 is 0 Å². The van der Waals surface area contributed by atoms with Crippen LogP contribution in [-0.4, -0.2) is 34.5 Å². The fourth-order valence-electron chi connectivity index (χ4n) is 4.83. The highest BCUT2D eigenvalue weighted by Crippen LogP contribution is 2.37. The summed E-state index contributed by atoms with van der Waals surface area (Å²) in [5.41, 5.74) is -3.54. The molecule has 53 heavy (non-hydrogen) atoms. The summed E-state index contributed by atoms with van der Waals surface area (Å²) in [4.78, 5) is 21.5. The number of anilines is 1. The Morgan fingerprint density at radius 3 is 1.91 bits per heavy atom. The third kappa shape index (κ3) is 13.4. The molecule has 0 fully saturated rings. The Bertz CT molecular complexity index is 1780. The molecule has 17 heteroatoms. The molecular formula is C36H34F9N3O5. The van der Waals surface area contributed by atoms with Crippen LogP contribution in [0.25, 0.3) is 0 Å². The Labute approximate surface area is 298 Å². The number of carbonyl (C=O) groups is 1. The van der Waals surface area contributed by atoms with Crippen molar-refractivity contribution in [3.63, 3.8) is 0 Å². The largest absolute Gasteiger partial charge is 0.573 e. The maximum atomic E-state index is 13.7. The minimum atomic E-state index is -5.14. The molecule has 1 heterocycles. The molecule has 0 radical (unpaired) electrons. The Hall–Kier alpha value is -5.22. The summed E-state index contributed by atoms with van der Waals surface area (Å²) in [6, 6.07) is 12.9. The van der Waals surface area contributed by atoms with E-state index in [1.54, 1.807) is 51.1 Å². The Kier molecular flexibility index (Phi) is 12.7. The number of hydrogen-bond acceptors (Lipinski definition) is 8. The molecule has 0 aliphatic heterocycles. The van der Waals surface area contributed by atoms with Crippen molar-refractivity contribution in [2.75, 3.05) is 11.5 Å². The van der Waals surface area contributed by atoms with E-state index < -0.39 is 65.8 Å². The molecule has 4 rings (SSSR count). The van der Waals surface area contributed by atoms with Crippen molar-refractivity contribution in [2.45, 2.75) is 77.6 Å². The number of hydrogen-bond donors (Lipinski definition) is 0. The lowest BCUT2D eigenvalue weighted by Crippen LogP contribution is -2.25. The molecule has 1 aromatic heterocycles. The second-order valence-corrected chi connectivity index (χ2v) is 12.6. The number of aromatic nitrogens is 2. The fourth-order valence-corrected chi connectivity index (χ4v) is 4.83. The van der Waals surface area contributed by atoms with Crippen molar-refractivity contribution in [1.29, 1.82) is 0 Å². The van der Waals surface area contributed by atoms with Crippen LogP contribution in [0.1, 0.15) is 61.4 Å². The number of carbonyl (C=O) groups excluding carboxylic acids is 1. The summed E-state index contributed by atoms with van der Waals surface area (Å²) in [7, 11) is 0. The van der Waals surface area contributed by atoms with Gasteiger partial charge >= 0.3 is 24.7 Å². The van der Waals surface area contributed by atoms with Gasteiger partial charge in [0.05, 0.1) is 36.7 Å². The second-order valence-electron chi connectivity index (χ2n) is 12.6. The average Bonchev–Trinajstić information content (AvgIpc) is 3.04. The molecule has 0 amide bonds. The van der Waals surface area contributed by atoms with Gasteiger partial charge in [-0.2, -0.15) is 26.3 Å². The van der Waals surface area contributed by atoms with E-state index in [0.717, 1.165) is 17.0 Å². The summed E-state index contributed by atoms with van der Waals surface area (Å²) in [5.74, 6) is -1.17. The summed E-state index contributed by atoms with van der Waals surface area (Å²) in [6.07, 6.45) is -12.7. The van der Waals surface area contributed by atoms with E-state index in [1.807, 2.05) is 0 Å². The van der Waals surface area contributed by atoms with Crippen molar-refractivity contribution < 1.29 is 63.3 Å². The third-order valence-corrected chi connectivity index (χ3v) is 7.00. The first kappa shape index (κ1) is 40.5. The topological polar surface area (TPSA) is 83.0 Å². The van der Waals surface area contributed by atoms with E-state index in [9.17, 15) is 44.3 Å². The van der Waals surface area contributed by atoms with Crippen LogP contribution in [0.3, 0.4) is 0 Å². The molecule has 286 valence electrons. The van der Waals surface area contributed by atoms with Crippen LogP contribution in [0.2, 0.25) is 0 Å². The molecule has 0 aliphatic rings. The molecule has 0 saturated carbocycles. The fraction of sp³-hybridized carbons (Fsp3) is 0.361. The van der Waals surface area contributed by atoms with Crippen molar-refractivity contribution in [3.05, 3.63) is 107 Å². The Morgan fingerprint density at radius 2 is 1.34 bits per heavy atom. The van der Waals surface area contributed by atoms with Crippen molar-refractivity contribution in [3.8, 4) is 17.2 Å². The number of ether oxygens (including phenoxy) is 4. The minimum Gasteiger partial charge on any atom is -0.490 e. The highest BCUT2D eigenvalue weighted by atomic mass is 19.4. The summed E-state index contributed by atoms with van der Waals surface area (Å²) >= 11 is 0. The predicted octanol–water partition coefficient (Wildman–Crippen LogP) is 9.70. The van der Waals surface area contributed by atoms with Crippen molar-refractivity contribution in [1.82, 2.24) is 9.97 Å². The van der Waals surface area contributed by atoms with Crippen LogP contribution < -0.4 is 19.1 Å². The first-order chi connectivity index (χ1) is 24.6. The first-order valence-corrected chi connectivity index (χ1v) is 15.9. The molecule has 0 N–H and O–H groups in total. The third-order valence-electron chi connectivity index (χ3n) is 7.00. The first-order valence-electron chi connectivity index (χ1n) is 15.9. The zero-order valence-corrected chi connectivity index (χ0v) is 28.5. The molecule has 0 aliphatic carbocycles. The van der Waals surface area contributed by atoms with E-state index in [0.29, 0.717) is 17.7 Å². The van der Waals surface area contributed by atoms with Crippen LogP contribution in [0.5, 0.6) is 17.2 Å². The summed E-state index contributed by atoms with van der Waals surface area (Å²) < 4.78 is 143. The lowest BCUT2D eigenvalue weighted by atomic mass is 10.0. The molecular weight excluding hydrogens is 725 g/mol. The van der Waals surface area contributed by atoms with Crippen LogP contribution in [0.15, 0.2) is 79.1 Å². The van der Waals surface area contributed by atoms with E-state index in [4.69, 9.17) is 14.2 Å². The Morgan fingerprint density at radius 1 is 0.717 bits per heavy atom. The van der Waals surface area contributed by atoms with Crippen molar-refractivity contribution >= 4 is 11.9 Å². The van der Waals surface area contributed by atoms with Gasteiger partial charge in [0, 0.05) is 18.5 Å². The average molecular weight is 760 g/mol. The van der Waals surface area contributed by atoms with Crippen LogP contribution in [0, 0.1) is 0 Å². The predicted molar refractivity (Wildman–Crippen MR) is 173 cm³/mol. The van der Waals surface area contributed by atoms with Gasteiger partial charge in [-0.15, -0.1) is 13.2 Å². The number of benzene rings is 3. The molecule has 0 bridgehead atoms. The smallest absolute Gasteiger partial charge is 0.490 e. The van der Waals surface area contributed by atoms with Crippen molar-refractivity contribution in [2.24, 2.45) is 0 Å². The molecule has 0 unspecified atom stereocenters. The van der Waals surface area contributed by atoms with Gasteiger partial charge in [0.25, 0.3) is 0 Å². The lowest BCUT2D eigenvalue weighted by molar-refractivity contribution is -0.274. The molecule has 0 spiro atoms. The number of halogens is 9. The van der Waals surface area contributed by atoms with E-state index >= 15 is 0 Å². The van der Waals surface area contributed by atoms with Gasteiger partial charge in [-0.1, -0.05) is 30.3 Å². The molecule has 0 saturated heterocycles. The SMILES string of the molecule is CC(C)(C)OC(=O)CCCOc1cnc(N(Cc2cc(C(F)(F)F)cc(C(F)(F)F)c2)Cc2cc(OC(F)(F)F)ccc2OCc2ccccc2)nc1. The highest BCUT2D eigenvalue weighted by Gasteiger charge is 2.37. The second kappa shape index (κ2) is 16.6. The normalized spacial score (nSPS) is 12.3. The van der Waals surface area contributed by atoms with E-state index in [2.05, 4.69) is 14.7 Å². The van der Waals surface area contributed by atoms with E-state index in [1.165, 1.54) is 18.5 Å². The maximum absolute atomic E-state index is 13.7. The van der Waals surface area contributed by atoms with Gasteiger partial charge in [0.1, 0.15) is 23.7 Å². The quantitative estimate of drug-likeness (QED) is 0.0715. The zero-order valence-electron chi connectivity index (χ0n) is 28.5. The van der Waals surface area contributed by atoms with Gasteiger partial charge in [0.2, 0.25) is 5.95 Å². The highest BCUT2D eigenvalue weighted by molar-refractivity contribution is 5.69. The summed E-state index contributed by atoms with van der Waals surface area (Å²) in [6.45, 7) is 4.04. The monoisotopic (exact) mass is 759 g/mol. The van der Waals surface area contributed by atoms with Gasteiger partial charge in [-0.3, -0.25) is 4.79 Å².